The van der Waals surface area contributed by atoms with Crippen molar-refractivity contribution in [3.05, 3.63) is 120 Å². The van der Waals surface area contributed by atoms with Crippen molar-refractivity contribution in [2.24, 2.45) is 11.8 Å². The van der Waals surface area contributed by atoms with Gasteiger partial charge >= 0.3 is 12.2 Å². The lowest BCUT2D eigenvalue weighted by Gasteiger charge is -2.36. The van der Waals surface area contributed by atoms with Gasteiger partial charge in [0, 0.05) is 36.8 Å². The molecule has 15 heteroatoms. The molecule has 4 amide bonds. The summed E-state index contributed by atoms with van der Waals surface area (Å²) in [6.07, 6.45) is 6.42. The molecule has 6 atom stereocenters. The maximum atomic E-state index is 14.4. The molecule has 4 fully saturated rings. The number of H-pyrrole nitrogens is 2. The van der Waals surface area contributed by atoms with Crippen LogP contribution < -0.4 is 10.6 Å². The Kier molecular flexibility index (Phi) is 11.5. The number of ether oxygens (including phenoxy) is 3. The quantitative estimate of drug-likeness (QED) is 0.104. The summed E-state index contributed by atoms with van der Waals surface area (Å²) in [5, 5.41) is 9.93. The van der Waals surface area contributed by atoms with Crippen molar-refractivity contribution in [2.45, 2.75) is 75.2 Å². The predicted octanol–water partition coefficient (Wildman–Crippen LogP) is 8.89. The summed E-state index contributed by atoms with van der Waals surface area (Å²) in [6, 6.07) is 30.9. The molecule has 4 N–H and O–H groups in total. The van der Waals surface area contributed by atoms with Gasteiger partial charge in [0.15, 0.2) is 0 Å². The molecule has 1 saturated carbocycles. The number of rotatable bonds is 10. The molecule has 0 radical (unpaired) electrons. The van der Waals surface area contributed by atoms with Crippen molar-refractivity contribution in [1.82, 2.24) is 40.4 Å². The van der Waals surface area contributed by atoms with Crippen LogP contribution in [0.2, 0.25) is 0 Å². The van der Waals surface area contributed by atoms with Gasteiger partial charge in [0.1, 0.15) is 23.7 Å². The number of methoxy groups -OCH3 is 2. The second-order valence-electron chi connectivity index (χ2n) is 18.6. The minimum absolute atomic E-state index is 0.0358. The molecule has 3 saturated heterocycles. The summed E-state index contributed by atoms with van der Waals surface area (Å²) in [5.74, 6) is 1.45. The zero-order valence-electron chi connectivity index (χ0n) is 38.1. The Labute approximate surface area is 392 Å². The van der Waals surface area contributed by atoms with Crippen molar-refractivity contribution < 1.29 is 33.4 Å². The summed E-state index contributed by atoms with van der Waals surface area (Å²) in [6.45, 7) is 1.70. The highest BCUT2D eigenvalue weighted by atomic mass is 16.5. The van der Waals surface area contributed by atoms with Crippen LogP contribution in [0, 0.1) is 11.8 Å². The number of hydrogen-bond acceptors (Lipinski definition) is 9. The van der Waals surface area contributed by atoms with Gasteiger partial charge in [-0.25, -0.2) is 19.6 Å². The molecule has 11 rings (SSSR count). The average Bonchev–Trinajstić information content (AvgIpc) is 4.26. The summed E-state index contributed by atoms with van der Waals surface area (Å²) >= 11 is 0. The van der Waals surface area contributed by atoms with Gasteiger partial charge in [-0.05, 0) is 114 Å². The van der Waals surface area contributed by atoms with Gasteiger partial charge in [-0.3, -0.25) is 9.59 Å². The first kappa shape index (κ1) is 43.3. The number of aromatic nitrogens is 4. The van der Waals surface area contributed by atoms with Crippen LogP contribution in [0.25, 0.3) is 55.0 Å². The number of benzene rings is 5. The van der Waals surface area contributed by atoms with E-state index in [0.717, 1.165) is 98.7 Å². The largest absolute Gasteiger partial charge is 0.453 e. The van der Waals surface area contributed by atoms with E-state index in [1.54, 1.807) is 0 Å². The van der Waals surface area contributed by atoms with Gasteiger partial charge in [-0.1, -0.05) is 72.8 Å². The summed E-state index contributed by atoms with van der Waals surface area (Å²) in [7, 11) is 2.62. The van der Waals surface area contributed by atoms with Crippen molar-refractivity contribution in [2.75, 3.05) is 34.0 Å². The topological polar surface area (TPSA) is 184 Å². The summed E-state index contributed by atoms with van der Waals surface area (Å²) in [4.78, 5) is 74.3. The van der Waals surface area contributed by atoms with Crippen LogP contribution in [0.15, 0.2) is 103 Å². The molecule has 348 valence electrons. The van der Waals surface area contributed by atoms with Crippen LogP contribution in [0.4, 0.5) is 9.59 Å². The smallest absolute Gasteiger partial charge is 0.407 e. The Hall–Kier alpha value is -7.26. The normalized spacial score (nSPS) is 21.3. The van der Waals surface area contributed by atoms with Gasteiger partial charge in [-0.2, -0.15) is 0 Å². The second-order valence-corrected chi connectivity index (χ2v) is 18.6. The summed E-state index contributed by atoms with van der Waals surface area (Å²) in [5.41, 5.74) is 6.52. The molecule has 5 heterocycles. The highest BCUT2D eigenvalue weighted by Gasteiger charge is 2.51. The monoisotopic (exact) mass is 914 g/mol. The molecule has 2 aromatic heterocycles. The Morgan fingerprint density at radius 1 is 0.735 bits per heavy atom. The molecular formula is C53H54N8O7. The molecule has 1 aliphatic carbocycles. The first-order valence-corrected chi connectivity index (χ1v) is 23.7. The standard InChI is InChI=1S/C53H54N8O7/c1-66-52(64)58-44(31-20-23-68-24-21-31)50(62)60-22-6-9-43(60)48-55-41-19-16-36-26-35(15-18-40(36)46(41)57-48)32-10-11-34-27-37(13-12-33(34)25-32)42-29-54-49(56-42)47-38-14-17-39(28-38)61(47)51(63)45(59-53(65)67-2)30-7-4-3-5-8-30/h3-5,7-8,10-13,15-16,18-19,25-27,29,31,38-39,43-45,47H,6,9,14,17,20-24,28H2,1-2H3,(H,54,56)(H,55,57)(H,58,64)(H,59,65)/t38-,39+,43-,44?,45?,47-/m0/s1. The molecule has 5 aromatic carbocycles. The van der Waals surface area contributed by atoms with Crippen LogP contribution in [-0.2, 0) is 23.8 Å². The molecule has 2 unspecified atom stereocenters. The van der Waals surface area contributed by atoms with Crippen LogP contribution >= 0.6 is 0 Å². The highest BCUT2D eigenvalue weighted by Crippen LogP contribution is 2.51. The highest BCUT2D eigenvalue weighted by molar-refractivity contribution is 6.06. The van der Waals surface area contributed by atoms with Gasteiger partial charge in [0.2, 0.25) is 5.91 Å². The van der Waals surface area contributed by atoms with Crippen molar-refractivity contribution in [1.29, 1.82) is 0 Å². The van der Waals surface area contributed by atoms with Crippen LogP contribution in [0.3, 0.4) is 0 Å². The van der Waals surface area contributed by atoms with Crippen LogP contribution in [0.5, 0.6) is 0 Å². The van der Waals surface area contributed by atoms with E-state index in [1.165, 1.54) is 14.2 Å². The number of likely N-dealkylation sites (tertiary alicyclic amines) is 2. The Morgan fingerprint density at radius 2 is 1.44 bits per heavy atom. The Morgan fingerprint density at radius 3 is 2.22 bits per heavy atom. The van der Waals surface area contributed by atoms with E-state index in [2.05, 4.69) is 81.3 Å². The molecule has 3 aliphatic heterocycles. The molecular weight excluding hydrogens is 861 g/mol. The van der Waals surface area contributed by atoms with E-state index in [4.69, 9.17) is 24.2 Å². The molecule has 68 heavy (non-hydrogen) atoms. The molecule has 2 bridgehead atoms. The van der Waals surface area contributed by atoms with Crippen molar-refractivity contribution in [3.63, 3.8) is 0 Å². The Bertz CT molecular complexity index is 3050. The fourth-order valence-electron chi connectivity index (χ4n) is 11.4. The number of nitrogens with one attached hydrogen (secondary N) is 4. The first-order valence-electron chi connectivity index (χ1n) is 23.7. The lowest BCUT2D eigenvalue weighted by molar-refractivity contribution is -0.138. The number of alkyl carbamates (subject to hydrolysis) is 2. The number of aromatic amines is 2. The zero-order valence-corrected chi connectivity index (χ0v) is 38.1. The van der Waals surface area contributed by atoms with Gasteiger partial charge < -0.3 is 44.6 Å². The first-order chi connectivity index (χ1) is 33.2. The minimum Gasteiger partial charge on any atom is -0.453 e. The lowest BCUT2D eigenvalue weighted by atomic mass is 9.90. The average molecular weight is 915 g/mol. The second kappa shape index (κ2) is 18.1. The number of imidazole rings is 2. The third-order valence-electron chi connectivity index (χ3n) is 14.8. The van der Waals surface area contributed by atoms with E-state index in [0.29, 0.717) is 38.2 Å². The molecule has 0 spiro atoms. The fourth-order valence-corrected chi connectivity index (χ4v) is 11.4. The maximum Gasteiger partial charge on any atom is 0.407 e. The SMILES string of the molecule is COC(=O)NC(C(=O)N1[C@@H]2CC[C@@H](C2)[C@H]1c1ncc(-c2ccc3cc(-c4ccc5c(ccc6nc([C@@H]7CCCN7C(=O)C(NC(=O)OC)C7CCOCC7)[nH]c65)c4)ccc3c2)[nH]1)c1ccccc1. The maximum absolute atomic E-state index is 14.4. The number of piperidine rings is 1. The van der Waals surface area contributed by atoms with E-state index < -0.39 is 24.3 Å². The molecule has 7 aromatic rings. The van der Waals surface area contributed by atoms with Crippen molar-refractivity contribution in [3.8, 4) is 22.4 Å². The van der Waals surface area contributed by atoms with Crippen molar-refractivity contribution >= 4 is 56.6 Å². The number of carbonyl (C=O) groups excluding carboxylic acids is 4. The van der Waals surface area contributed by atoms with E-state index in [9.17, 15) is 19.2 Å². The Balaban J connectivity index is 0.818. The van der Waals surface area contributed by atoms with Crippen LogP contribution in [0.1, 0.15) is 80.3 Å². The van der Waals surface area contributed by atoms with Gasteiger partial charge in [-0.15, -0.1) is 0 Å². The van der Waals surface area contributed by atoms with E-state index in [-0.39, 0.29) is 41.8 Å². The number of amides is 4. The van der Waals surface area contributed by atoms with Crippen LogP contribution in [-0.4, -0.2) is 99.8 Å². The molecule has 4 aliphatic rings. The lowest BCUT2D eigenvalue weighted by Crippen LogP contribution is -2.53. The number of nitrogens with zero attached hydrogens (tertiary/aromatic N) is 4. The number of hydrogen-bond donors (Lipinski definition) is 4. The molecule has 15 nitrogen and oxygen atoms in total. The predicted molar refractivity (Wildman–Crippen MR) is 256 cm³/mol. The number of fused-ring (bicyclic) bond motifs is 6. The van der Waals surface area contributed by atoms with E-state index >= 15 is 0 Å². The zero-order chi connectivity index (χ0) is 46.5. The van der Waals surface area contributed by atoms with Gasteiger partial charge in [0.25, 0.3) is 5.91 Å². The fraction of sp³-hybridized carbons (Fsp3) is 0.358. The third-order valence-corrected chi connectivity index (χ3v) is 14.8. The summed E-state index contributed by atoms with van der Waals surface area (Å²) < 4.78 is 15.4. The third kappa shape index (κ3) is 7.97. The van der Waals surface area contributed by atoms with E-state index in [1.807, 2.05) is 52.4 Å². The number of carbonyl (C=O) groups is 4. The van der Waals surface area contributed by atoms with Gasteiger partial charge in [0.05, 0.1) is 49.2 Å². The minimum atomic E-state index is -0.879.